The summed E-state index contributed by atoms with van der Waals surface area (Å²) in [7, 11) is 1.57. The van der Waals surface area contributed by atoms with Gasteiger partial charge < -0.3 is 25.6 Å². The van der Waals surface area contributed by atoms with Crippen molar-refractivity contribution in [2.24, 2.45) is 5.73 Å². The Hall–Kier alpha value is -2.91. The fourth-order valence-electron chi connectivity index (χ4n) is 4.45. The van der Waals surface area contributed by atoms with Crippen molar-refractivity contribution in [3.63, 3.8) is 0 Å². The molecule has 8 heteroatoms. The van der Waals surface area contributed by atoms with E-state index in [4.69, 9.17) is 15.2 Å². The average molecular weight is 484 g/mol. The summed E-state index contributed by atoms with van der Waals surface area (Å²) < 4.78 is 38.3. The third-order valence-corrected chi connectivity index (χ3v) is 6.41. The first kappa shape index (κ1) is 25.2. The summed E-state index contributed by atoms with van der Waals surface area (Å²) in [6, 6.07) is 10.9. The van der Waals surface area contributed by atoms with Gasteiger partial charge in [0.2, 0.25) is 5.88 Å². The first-order valence-corrected chi connectivity index (χ1v) is 11.8. The molecule has 1 aliphatic rings. The number of fused-ring (bicyclic) bond motifs is 1. The molecule has 186 valence electrons. The standard InChI is InChI=1S/C27H31F2N3O3/c1-34-26-11-8-22-19(15-33)5-4-18(27(22)32-26)14-24(30)25-10-7-21(16-35-25)31-12-2-3-17-13-20(28)6-9-23(17)29/h2-6,8-9,11,13,21,24-25,31,33H,7,10,12,14-16,30H2,1H3/b3-2+/t21-,24+,25+/m1/s1. The predicted octanol–water partition coefficient (Wildman–Crippen LogP) is 3.73. The lowest BCUT2D eigenvalue weighted by Crippen LogP contribution is -2.47. The van der Waals surface area contributed by atoms with Crippen molar-refractivity contribution >= 4 is 17.0 Å². The van der Waals surface area contributed by atoms with Gasteiger partial charge in [0.15, 0.2) is 0 Å². The van der Waals surface area contributed by atoms with Crippen LogP contribution in [-0.4, -0.2) is 48.5 Å². The molecule has 4 rings (SSSR count). The zero-order valence-corrected chi connectivity index (χ0v) is 19.7. The number of nitrogens with two attached hydrogens (primary N) is 1. The van der Waals surface area contributed by atoms with Gasteiger partial charge in [0.1, 0.15) is 11.6 Å². The molecule has 0 amide bonds. The van der Waals surface area contributed by atoms with Gasteiger partial charge >= 0.3 is 0 Å². The van der Waals surface area contributed by atoms with Crippen molar-refractivity contribution in [1.82, 2.24) is 10.3 Å². The molecule has 0 bridgehead atoms. The van der Waals surface area contributed by atoms with Gasteiger partial charge in [-0.1, -0.05) is 24.3 Å². The van der Waals surface area contributed by atoms with E-state index in [1.54, 1.807) is 25.3 Å². The molecular weight excluding hydrogens is 452 g/mol. The number of ether oxygens (including phenoxy) is 2. The number of hydrogen-bond acceptors (Lipinski definition) is 6. The summed E-state index contributed by atoms with van der Waals surface area (Å²) in [6.45, 7) is 0.984. The van der Waals surface area contributed by atoms with E-state index in [-0.39, 0.29) is 30.4 Å². The molecule has 3 aromatic rings. The number of pyridine rings is 1. The number of nitrogens with zero attached hydrogens (tertiary/aromatic N) is 1. The van der Waals surface area contributed by atoms with Gasteiger partial charge in [-0.3, -0.25) is 0 Å². The number of aromatic nitrogens is 1. The molecule has 2 heterocycles. The molecule has 0 radical (unpaired) electrons. The Morgan fingerprint density at radius 3 is 2.77 bits per heavy atom. The van der Waals surface area contributed by atoms with Gasteiger partial charge in [0.25, 0.3) is 0 Å². The van der Waals surface area contributed by atoms with E-state index < -0.39 is 11.6 Å². The van der Waals surface area contributed by atoms with Gasteiger partial charge in [0.05, 0.1) is 31.9 Å². The monoisotopic (exact) mass is 483 g/mol. The van der Waals surface area contributed by atoms with Crippen LogP contribution in [0, 0.1) is 11.6 Å². The molecule has 2 aromatic carbocycles. The number of rotatable bonds is 9. The van der Waals surface area contributed by atoms with Crippen LogP contribution in [0.25, 0.3) is 17.0 Å². The van der Waals surface area contributed by atoms with Crippen LogP contribution in [0.3, 0.4) is 0 Å². The Morgan fingerprint density at radius 1 is 1.20 bits per heavy atom. The lowest BCUT2D eigenvalue weighted by Gasteiger charge is -2.33. The van der Waals surface area contributed by atoms with Crippen molar-refractivity contribution in [1.29, 1.82) is 0 Å². The zero-order chi connectivity index (χ0) is 24.8. The maximum atomic E-state index is 13.7. The Balaban J connectivity index is 1.31. The van der Waals surface area contributed by atoms with Crippen LogP contribution >= 0.6 is 0 Å². The first-order chi connectivity index (χ1) is 17.0. The summed E-state index contributed by atoms with van der Waals surface area (Å²) >= 11 is 0. The fourth-order valence-corrected chi connectivity index (χ4v) is 4.45. The Bertz CT molecular complexity index is 1180. The van der Waals surface area contributed by atoms with Crippen molar-refractivity contribution in [2.45, 2.75) is 44.1 Å². The Labute approximate surface area is 203 Å². The number of nitrogens with one attached hydrogen (secondary N) is 1. The number of aliphatic hydroxyl groups excluding tert-OH is 1. The van der Waals surface area contributed by atoms with E-state index in [0.29, 0.717) is 25.5 Å². The molecule has 3 atom stereocenters. The van der Waals surface area contributed by atoms with Crippen LogP contribution in [-0.2, 0) is 17.8 Å². The Kier molecular flexibility index (Phi) is 8.41. The number of methoxy groups -OCH3 is 1. The molecule has 0 aliphatic carbocycles. The normalized spacial score (nSPS) is 19.3. The minimum Gasteiger partial charge on any atom is -0.481 e. The van der Waals surface area contributed by atoms with Crippen LogP contribution in [0.2, 0.25) is 0 Å². The van der Waals surface area contributed by atoms with Crippen LogP contribution in [0.15, 0.2) is 48.5 Å². The van der Waals surface area contributed by atoms with Crippen LogP contribution in [0.5, 0.6) is 5.88 Å². The van der Waals surface area contributed by atoms with E-state index in [2.05, 4.69) is 10.3 Å². The lowest BCUT2D eigenvalue weighted by molar-refractivity contribution is -0.0156. The predicted molar refractivity (Wildman–Crippen MR) is 132 cm³/mol. The molecule has 1 aliphatic heterocycles. The maximum Gasteiger partial charge on any atom is 0.213 e. The van der Waals surface area contributed by atoms with E-state index >= 15 is 0 Å². The molecule has 0 unspecified atom stereocenters. The van der Waals surface area contributed by atoms with Gasteiger partial charge in [-0.05, 0) is 54.7 Å². The number of halogens is 2. The maximum absolute atomic E-state index is 13.7. The zero-order valence-electron chi connectivity index (χ0n) is 19.7. The molecule has 1 fully saturated rings. The summed E-state index contributed by atoms with van der Waals surface area (Å²) in [5, 5.41) is 13.9. The fraction of sp³-hybridized carbons (Fsp3) is 0.370. The number of aliphatic hydroxyl groups is 1. The number of benzene rings is 2. The highest BCUT2D eigenvalue weighted by Crippen LogP contribution is 2.26. The minimum atomic E-state index is -0.464. The first-order valence-electron chi connectivity index (χ1n) is 11.8. The number of hydrogen-bond donors (Lipinski definition) is 3. The van der Waals surface area contributed by atoms with Crippen LogP contribution < -0.4 is 15.8 Å². The van der Waals surface area contributed by atoms with Gasteiger partial charge in [0, 0.05) is 35.6 Å². The highest BCUT2D eigenvalue weighted by Gasteiger charge is 2.26. The largest absolute Gasteiger partial charge is 0.481 e. The highest BCUT2D eigenvalue weighted by atomic mass is 19.1. The van der Waals surface area contributed by atoms with E-state index in [1.165, 1.54) is 6.07 Å². The summed E-state index contributed by atoms with van der Waals surface area (Å²) in [4.78, 5) is 4.60. The summed E-state index contributed by atoms with van der Waals surface area (Å²) in [6.07, 6.45) is 5.57. The minimum absolute atomic E-state index is 0.0661. The smallest absolute Gasteiger partial charge is 0.213 e. The lowest BCUT2D eigenvalue weighted by atomic mass is 9.93. The quantitative estimate of drug-likeness (QED) is 0.430. The molecule has 6 nitrogen and oxygen atoms in total. The van der Waals surface area contributed by atoms with Crippen molar-refractivity contribution in [3.05, 3.63) is 76.9 Å². The van der Waals surface area contributed by atoms with Gasteiger partial charge in [-0.25, -0.2) is 13.8 Å². The average Bonchev–Trinajstić information content (AvgIpc) is 2.88. The van der Waals surface area contributed by atoms with Crippen molar-refractivity contribution in [3.8, 4) is 5.88 Å². The second-order valence-electron chi connectivity index (χ2n) is 8.78. The van der Waals surface area contributed by atoms with E-state index in [0.717, 1.165) is 47.0 Å². The molecule has 0 saturated carbocycles. The van der Waals surface area contributed by atoms with Crippen LogP contribution in [0.4, 0.5) is 8.78 Å². The topological polar surface area (TPSA) is 89.6 Å². The van der Waals surface area contributed by atoms with Crippen LogP contribution in [0.1, 0.15) is 29.5 Å². The van der Waals surface area contributed by atoms with Gasteiger partial charge in [-0.2, -0.15) is 0 Å². The van der Waals surface area contributed by atoms with Crippen molar-refractivity contribution in [2.75, 3.05) is 20.3 Å². The third kappa shape index (κ3) is 6.21. The third-order valence-electron chi connectivity index (χ3n) is 6.41. The van der Waals surface area contributed by atoms with Crippen molar-refractivity contribution < 1.29 is 23.4 Å². The Morgan fingerprint density at radius 2 is 2.03 bits per heavy atom. The van der Waals surface area contributed by atoms with E-state index in [1.807, 2.05) is 18.2 Å². The molecule has 35 heavy (non-hydrogen) atoms. The molecule has 1 saturated heterocycles. The molecular formula is C27H31F2N3O3. The molecule has 0 spiro atoms. The summed E-state index contributed by atoms with van der Waals surface area (Å²) in [5.41, 5.74) is 9.34. The summed E-state index contributed by atoms with van der Waals surface area (Å²) in [5.74, 6) is -0.401. The second-order valence-corrected chi connectivity index (χ2v) is 8.78. The SMILES string of the molecule is COc1ccc2c(CO)ccc(C[C@H](N)[C@@H]3CC[C@@H](NC/C=C/c4cc(F)ccc4F)CO3)c2n1. The highest BCUT2D eigenvalue weighted by molar-refractivity contribution is 5.85. The second kappa shape index (κ2) is 11.7. The van der Waals surface area contributed by atoms with E-state index in [9.17, 15) is 13.9 Å². The molecule has 1 aromatic heterocycles. The molecule has 4 N–H and O–H groups in total. The van der Waals surface area contributed by atoms with Gasteiger partial charge in [-0.15, -0.1) is 0 Å².